The fourth-order valence-electron chi connectivity index (χ4n) is 1.83. The molecule has 0 radical (unpaired) electrons. The highest BCUT2D eigenvalue weighted by atomic mass is 32.2. The molecule has 0 aromatic heterocycles. The van der Waals surface area contributed by atoms with Gasteiger partial charge in [-0.1, -0.05) is 0 Å². The quantitative estimate of drug-likeness (QED) is 0.788. The van der Waals surface area contributed by atoms with Crippen molar-refractivity contribution < 1.29 is 13.6 Å². The third-order valence-corrected chi connectivity index (χ3v) is 3.93. The molecule has 1 fully saturated rings. The molecule has 0 bridgehead atoms. The van der Waals surface area contributed by atoms with Crippen LogP contribution in [0.5, 0.6) is 0 Å². The van der Waals surface area contributed by atoms with Gasteiger partial charge < -0.3 is 0 Å². The van der Waals surface area contributed by atoms with Gasteiger partial charge >= 0.3 is 0 Å². The molecule has 1 nitrogen and oxygen atoms in total. The van der Waals surface area contributed by atoms with Crippen LogP contribution >= 0.6 is 11.8 Å². The molecule has 86 valence electrons. The number of benzene rings is 1. The number of carbonyl (C=O) groups is 1. The molecular formula is C12H12F2OS. The van der Waals surface area contributed by atoms with Gasteiger partial charge in [0.1, 0.15) is 17.4 Å². The van der Waals surface area contributed by atoms with Crippen molar-refractivity contribution in [2.75, 3.05) is 0 Å². The zero-order valence-corrected chi connectivity index (χ0v) is 9.53. The molecule has 16 heavy (non-hydrogen) atoms. The lowest BCUT2D eigenvalue weighted by molar-refractivity contribution is -0.120. The summed E-state index contributed by atoms with van der Waals surface area (Å²) < 4.78 is 26.3. The SMILES string of the molecule is O=C1CCCC(Sc2cc(F)ccc2F)C1. The maximum absolute atomic E-state index is 13.3. The van der Waals surface area contributed by atoms with Crippen molar-refractivity contribution in [2.24, 2.45) is 0 Å². The molecule has 0 heterocycles. The van der Waals surface area contributed by atoms with Gasteiger partial charge in [0.2, 0.25) is 0 Å². The number of thioether (sulfide) groups is 1. The van der Waals surface area contributed by atoms with Crippen molar-refractivity contribution in [1.82, 2.24) is 0 Å². The minimum absolute atomic E-state index is 0.0950. The van der Waals surface area contributed by atoms with Gasteiger partial charge in [0.25, 0.3) is 0 Å². The van der Waals surface area contributed by atoms with Crippen LogP contribution < -0.4 is 0 Å². The summed E-state index contributed by atoms with van der Waals surface area (Å²) in [5.74, 6) is -0.629. The fraction of sp³-hybridized carbons (Fsp3) is 0.417. The van der Waals surface area contributed by atoms with Crippen LogP contribution in [0.2, 0.25) is 0 Å². The van der Waals surface area contributed by atoms with E-state index in [-0.39, 0.29) is 11.0 Å². The summed E-state index contributed by atoms with van der Waals surface area (Å²) in [5.41, 5.74) is 0. The molecular weight excluding hydrogens is 230 g/mol. The number of ketones is 1. The fourth-order valence-corrected chi connectivity index (χ4v) is 3.11. The smallest absolute Gasteiger partial charge is 0.136 e. The monoisotopic (exact) mass is 242 g/mol. The number of hydrogen-bond donors (Lipinski definition) is 0. The van der Waals surface area contributed by atoms with Gasteiger partial charge in [0, 0.05) is 23.0 Å². The van der Waals surface area contributed by atoms with Crippen LogP contribution in [0.15, 0.2) is 23.1 Å². The third kappa shape index (κ3) is 2.82. The van der Waals surface area contributed by atoms with E-state index < -0.39 is 11.6 Å². The number of Topliss-reactive ketones (excluding diaryl/α,β-unsaturated/α-hetero) is 1. The summed E-state index contributed by atoms with van der Waals surface area (Å²) in [4.78, 5) is 11.5. The third-order valence-electron chi connectivity index (χ3n) is 2.62. The van der Waals surface area contributed by atoms with Crippen molar-refractivity contribution in [3.8, 4) is 0 Å². The highest BCUT2D eigenvalue weighted by molar-refractivity contribution is 8.00. The summed E-state index contributed by atoms with van der Waals surface area (Å²) in [7, 11) is 0. The van der Waals surface area contributed by atoms with Gasteiger partial charge in [-0.25, -0.2) is 8.78 Å². The molecule has 1 aromatic carbocycles. The first-order valence-electron chi connectivity index (χ1n) is 5.28. The van der Waals surface area contributed by atoms with Crippen LogP contribution in [0.3, 0.4) is 0 Å². The summed E-state index contributed by atoms with van der Waals surface area (Å²) >= 11 is 1.27. The summed E-state index contributed by atoms with van der Waals surface area (Å²) in [6.45, 7) is 0. The Hall–Kier alpha value is -0.900. The van der Waals surface area contributed by atoms with E-state index in [0.717, 1.165) is 25.0 Å². The molecule has 1 saturated carbocycles. The van der Waals surface area contributed by atoms with E-state index >= 15 is 0 Å². The van der Waals surface area contributed by atoms with Crippen LogP contribution in [-0.4, -0.2) is 11.0 Å². The summed E-state index contributed by atoms with van der Waals surface area (Å²) in [6.07, 6.45) is 2.85. The van der Waals surface area contributed by atoms with Gasteiger partial charge in [-0.2, -0.15) is 0 Å². The van der Waals surface area contributed by atoms with E-state index in [1.807, 2.05) is 0 Å². The molecule has 1 aliphatic rings. The van der Waals surface area contributed by atoms with Crippen molar-refractivity contribution in [1.29, 1.82) is 0 Å². The van der Waals surface area contributed by atoms with Crippen LogP contribution in [-0.2, 0) is 4.79 Å². The Morgan fingerprint density at radius 1 is 1.31 bits per heavy atom. The average Bonchev–Trinajstić information content (AvgIpc) is 2.24. The molecule has 1 aliphatic carbocycles. The minimum Gasteiger partial charge on any atom is -0.300 e. The molecule has 1 aromatic rings. The van der Waals surface area contributed by atoms with Crippen LogP contribution in [0.1, 0.15) is 25.7 Å². The molecule has 1 unspecified atom stereocenters. The molecule has 0 saturated heterocycles. The minimum atomic E-state index is -0.439. The van der Waals surface area contributed by atoms with Crippen molar-refractivity contribution in [3.05, 3.63) is 29.8 Å². The maximum Gasteiger partial charge on any atom is 0.136 e. The first kappa shape index (κ1) is 11.6. The Balaban J connectivity index is 2.08. The van der Waals surface area contributed by atoms with Crippen LogP contribution in [0.4, 0.5) is 8.78 Å². The van der Waals surface area contributed by atoms with E-state index in [1.165, 1.54) is 17.8 Å². The highest BCUT2D eigenvalue weighted by Crippen LogP contribution is 2.33. The van der Waals surface area contributed by atoms with E-state index in [9.17, 15) is 13.6 Å². The van der Waals surface area contributed by atoms with Gasteiger partial charge in [-0.3, -0.25) is 4.79 Å². The molecule has 0 spiro atoms. The number of carbonyl (C=O) groups excluding carboxylic acids is 1. The molecule has 1 atom stereocenters. The van der Waals surface area contributed by atoms with E-state index in [4.69, 9.17) is 0 Å². The van der Waals surface area contributed by atoms with Crippen LogP contribution in [0.25, 0.3) is 0 Å². The Morgan fingerprint density at radius 2 is 2.12 bits per heavy atom. The summed E-state index contributed by atoms with van der Waals surface area (Å²) in [6, 6.07) is 3.42. The Bertz CT molecular complexity index is 406. The first-order valence-corrected chi connectivity index (χ1v) is 6.16. The highest BCUT2D eigenvalue weighted by Gasteiger charge is 2.21. The number of rotatable bonds is 2. The molecule has 4 heteroatoms. The van der Waals surface area contributed by atoms with E-state index in [2.05, 4.69) is 0 Å². The topological polar surface area (TPSA) is 17.1 Å². The van der Waals surface area contributed by atoms with Gasteiger partial charge in [0.05, 0.1) is 0 Å². The lowest BCUT2D eigenvalue weighted by Gasteiger charge is -2.20. The first-order chi connectivity index (χ1) is 7.65. The predicted molar refractivity (Wildman–Crippen MR) is 59.5 cm³/mol. The second kappa shape index (κ2) is 4.95. The standard InChI is InChI=1S/C12H12F2OS/c13-8-4-5-11(14)12(6-8)16-10-3-1-2-9(15)7-10/h4-6,10H,1-3,7H2. The lowest BCUT2D eigenvalue weighted by Crippen LogP contribution is -2.16. The van der Waals surface area contributed by atoms with Crippen LogP contribution in [0, 0.1) is 11.6 Å². The summed E-state index contributed by atoms with van der Waals surface area (Å²) in [5, 5.41) is 0.0950. The molecule has 0 aliphatic heterocycles. The second-order valence-electron chi connectivity index (χ2n) is 3.95. The normalized spacial score (nSPS) is 21.1. The Labute approximate surface area is 97.2 Å². The Kier molecular flexibility index (Phi) is 3.59. The lowest BCUT2D eigenvalue weighted by atomic mass is 9.99. The largest absolute Gasteiger partial charge is 0.300 e. The number of halogens is 2. The van der Waals surface area contributed by atoms with Crippen molar-refractivity contribution >= 4 is 17.5 Å². The molecule has 0 amide bonds. The molecule has 0 N–H and O–H groups in total. The van der Waals surface area contributed by atoms with Crippen molar-refractivity contribution in [3.63, 3.8) is 0 Å². The second-order valence-corrected chi connectivity index (χ2v) is 5.29. The zero-order valence-electron chi connectivity index (χ0n) is 8.71. The predicted octanol–water partition coefficient (Wildman–Crippen LogP) is 3.57. The zero-order chi connectivity index (χ0) is 11.5. The Morgan fingerprint density at radius 3 is 2.88 bits per heavy atom. The van der Waals surface area contributed by atoms with E-state index in [0.29, 0.717) is 17.7 Å². The van der Waals surface area contributed by atoms with Gasteiger partial charge in [-0.05, 0) is 31.0 Å². The average molecular weight is 242 g/mol. The number of hydrogen-bond acceptors (Lipinski definition) is 2. The maximum atomic E-state index is 13.3. The van der Waals surface area contributed by atoms with Gasteiger partial charge in [0.15, 0.2) is 0 Å². The van der Waals surface area contributed by atoms with E-state index in [1.54, 1.807) is 0 Å². The van der Waals surface area contributed by atoms with Crippen molar-refractivity contribution in [2.45, 2.75) is 35.8 Å². The molecule has 2 rings (SSSR count). The van der Waals surface area contributed by atoms with Gasteiger partial charge in [-0.15, -0.1) is 11.8 Å².